The van der Waals surface area contributed by atoms with Crippen LogP contribution in [0.2, 0.25) is 0 Å². The Bertz CT molecular complexity index is 643. The molecule has 3 amide bonds. The molecular weight excluding hydrogens is 286 g/mol. The van der Waals surface area contributed by atoms with Crippen LogP contribution in [-0.4, -0.2) is 38.1 Å². The van der Waals surface area contributed by atoms with Crippen molar-refractivity contribution in [3.63, 3.8) is 0 Å². The summed E-state index contributed by atoms with van der Waals surface area (Å²) in [5, 5.41) is 2.18. The molecule has 0 bridgehead atoms. The van der Waals surface area contributed by atoms with E-state index in [9.17, 15) is 18.0 Å². The van der Waals surface area contributed by atoms with Crippen molar-refractivity contribution in [2.24, 2.45) is 0 Å². The van der Waals surface area contributed by atoms with Gasteiger partial charge in [0.25, 0.3) is 10.1 Å². The average Bonchev–Trinajstić information content (AvgIpc) is 2.36. The molecule has 0 saturated carbocycles. The van der Waals surface area contributed by atoms with Gasteiger partial charge in [-0.1, -0.05) is 0 Å². The molecule has 0 radical (unpaired) electrons. The van der Waals surface area contributed by atoms with E-state index in [1.807, 2.05) is 0 Å². The summed E-state index contributed by atoms with van der Waals surface area (Å²) in [6.07, 6.45) is 2.59. The molecule has 1 aromatic rings. The van der Waals surface area contributed by atoms with Crippen molar-refractivity contribution < 1.29 is 22.2 Å². The molecule has 0 unspecified atom stereocenters. The third kappa shape index (κ3) is 3.75. The van der Waals surface area contributed by atoms with Crippen molar-refractivity contribution in [2.75, 3.05) is 17.7 Å². The van der Waals surface area contributed by atoms with E-state index in [0.717, 1.165) is 6.26 Å². The number of rotatable bonds is 4. The lowest BCUT2D eigenvalue weighted by Crippen LogP contribution is -2.49. The van der Waals surface area contributed by atoms with Crippen LogP contribution in [0.3, 0.4) is 0 Å². The van der Waals surface area contributed by atoms with E-state index in [0.29, 0.717) is 11.4 Å². The fourth-order valence-electron chi connectivity index (χ4n) is 1.66. The number of aromatic nitrogens is 1. The molecule has 1 saturated heterocycles. The lowest BCUT2D eigenvalue weighted by molar-refractivity contribution is -0.120. The summed E-state index contributed by atoms with van der Waals surface area (Å²) in [7, 11) is -3.54. The Hall–Kier alpha value is -2.00. The number of hydrogen-bond acceptors (Lipinski definition) is 6. The number of nitrogens with zero attached hydrogens (tertiary/aromatic N) is 2. The standard InChI is InChI=1S/C11H13N3O5S/c1-20(17,18)19-7-8-2-4-12-9(6-8)14-5-3-10(15)13-11(14)16/h2,4,6H,3,5,7H2,1H3,(H,13,15,16). The second-order valence-electron chi connectivity index (χ2n) is 4.24. The monoisotopic (exact) mass is 299 g/mol. The molecule has 2 heterocycles. The Morgan fingerprint density at radius 3 is 2.85 bits per heavy atom. The van der Waals surface area contributed by atoms with Gasteiger partial charge in [-0.25, -0.2) is 9.78 Å². The van der Waals surface area contributed by atoms with Gasteiger partial charge < -0.3 is 0 Å². The summed E-state index contributed by atoms with van der Waals surface area (Å²) in [6.45, 7) is 0.0940. The van der Waals surface area contributed by atoms with Gasteiger partial charge in [0.2, 0.25) is 5.91 Å². The highest BCUT2D eigenvalue weighted by Gasteiger charge is 2.25. The Balaban J connectivity index is 2.13. The maximum atomic E-state index is 11.7. The quantitative estimate of drug-likeness (QED) is 0.785. The fraction of sp³-hybridized carbons (Fsp3) is 0.364. The number of amides is 3. The van der Waals surface area contributed by atoms with Crippen molar-refractivity contribution in [2.45, 2.75) is 13.0 Å². The largest absolute Gasteiger partial charge is 0.329 e. The topological polar surface area (TPSA) is 106 Å². The van der Waals surface area contributed by atoms with Crippen LogP contribution in [0.15, 0.2) is 18.3 Å². The molecule has 1 aromatic heterocycles. The minimum Gasteiger partial charge on any atom is -0.278 e. The van der Waals surface area contributed by atoms with Crippen LogP contribution in [0, 0.1) is 0 Å². The number of nitrogens with one attached hydrogen (secondary N) is 1. The van der Waals surface area contributed by atoms with Gasteiger partial charge in [0, 0.05) is 19.2 Å². The molecule has 0 atom stereocenters. The van der Waals surface area contributed by atoms with Gasteiger partial charge in [-0.3, -0.25) is 19.2 Å². The van der Waals surface area contributed by atoms with Crippen LogP contribution in [0.1, 0.15) is 12.0 Å². The van der Waals surface area contributed by atoms with Crippen LogP contribution in [0.4, 0.5) is 10.6 Å². The first-order valence-electron chi connectivity index (χ1n) is 5.76. The molecule has 0 aliphatic carbocycles. The zero-order valence-electron chi connectivity index (χ0n) is 10.7. The summed E-state index contributed by atoms with van der Waals surface area (Å²) in [4.78, 5) is 28.1. The minimum atomic E-state index is -3.54. The van der Waals surface area contributed by atoms with Crippen molar-refractivity contribution >= 4 is 27.9 Å². The van der Waals surface area contributed by atoms with Gasteiger partial charge in [-0.05, 0) is 17.7 Å². The Labute approximate surface area is 115 Å². The molecule has 2 rings (SSSR count). The Morgan fingerprint density at radius 1 is 1.45 bits per heavy atom. The second-order valence-corrected chi connectivity index (χ2v) is 5.89. The van der Waals surface area contributed by atoms with Gasteiger partial charge >= 0.3 is 6.03 Å². The van der Waals surface area contributed by atoms with Gasteiger partial charge in [0.1, 0.15) is 5.82 Å². The molecule has 1 aliphatic rings. The Morgan fingerprint density at radius 2 is 2.20 bits per heavy atom. The number of carbonyl (C=O) groups excluding carboxylic acids is 2. The third-order valence-electron chi connectivity index (χ3n) is 2.58. The highest BCUT2D eigenvalue weighted by molar-refractivity contribution is 7.85. The van der Waals surface area contributed by atoms with Crippen LogP contribution in [-0.2, 0) is 25.7 Å². The summed E-state index contributed by atoms with van der Waals surface area (Å²) in [5.74, 6) is 0.00687. The zero-order chi connectivity index (χ0) is 14.8. The zero-order valence-corrected chi connectivity index (χ0v) is 11.5. The van der Waals surface area contributed by atoms with Crippen molar-refractivity contribution in [3.05, 3.63) is 23.9 Å². The average molecular weight is 299 g/mol. The predicted molar refractivity (Wildman–Crippen MR) is 69.4 cm³/mol. The number of anilines is 1. The van der Waals surface area contributed by atoms with Gasteiger partial charge in [0.15, 0.2) is 0 Å². The van der Waals surface area contributed by atoms with E-state index < -0.39 is 16.1 Å². The first-order chi connectivity index (χ1) is 9.35. The number of pyridine rings is 1. The number of carbonyl (C=O) groups is 2. The van der Waals surface area contributed by atoms with Crippen LogP contribution in [0.25, 0.3) is 0 Å². The van der Waals surface area contributed by atoms with Gasteiger partial charge in [-0.2, -0.15) is 8.42 Å². The smallest absolute Gasteiger partial charge is 0.278 e. The first kappa shape index (κ1) is 14.4. The highest BCUT2D eigenvalue weighted by Crippen LogP contribution is 2.16. The van der Waals surface area contributed by atoms with E-state index in [1.54, 1.807) is 12.1 Å². The summed E-state index contributed by atoms with van der Waals surface area (Å²) in [5.41, 5.74) is 0.560. The molecule has 20 heavy (non-hydrogen) atoms. The molecule has 1 aliphatic heterocycles. The molecule has 108 valence electrons. The summed E-state index contributed by atoms with van der Waals surface area (Å²) in [6, 6.07) is 2.58. The van der Waals surface area contributed by atoms with E-state index in [1.165, 1.54) is 11.1 Å². The van der Waals surface area contributed by atoms with Crippen molar-refractivity contribution in [3.8, 4) is 0 Å². The normalized spacial score (nSPS) is 16.1. The van der Waals surface area contributed by atoms with Crippen LogP contribution < -0.4 is 10.2 Å². The SMILES string of the molecule is CS(=O)(=O)OCc1ccnc(N2CCC(=O)NC2=O)c1. The second kappa shape index (κ2) is 5.55. The number of urea groups is 1. The maximum Gasteiger partial charge on any atom is 0.329 e. The number of imide groups is 1. The lowest BCUT2D eigenvalue weighted by atomic mass is 10.2. The molecule has 8 nitrogen and oxygen atoms in total. The minimum absolute atomic E-state index is 0.136. The molecule has 0 aromatic carbocycles. The highest BCUT2D eigenvalue weighted by atomic mass is 32.2. The molecule has 0 spiro atoms. The van der Waals surface area contributed by atoms with Crippen molar-refractivity contribution in [1.82, 2.24) is 10.3 Å². The lowest BCUT2D eigenvalue weighted by Gasteiger charge is -2.25. The van der Waals surface area contributed by atoms with Gasteiger partial charge in [0.05, 0.1) is 12.9 Å². The van der Waals surface area contributed by atoms with E-state index in [2.05, 4.69) is 14.5 Å². The predicted octanol–water partition coefficient (Wildman–Crippen LogP) is 0.00410. The van der Waals surface area contributed by atoms with Crippen LogP contribution in [0.5, 0.6) is 0 Å². The van der Waals surface area contributed by atoms with E-state index in [-0.39, 0.29) is 25.5 Å². The molecule has 9 heteroatoms. The van der Waals surface area contributed by atoms with Gasteiger partial charge in [-0.15, -0.1) is 0 Å². The number of hydrogen-bond donors (Lipinski definition) is 1. The van der Waals surface area contributed by atoms with E-state index >= 15 is 0 Å². The summed E-state index contributed by atoms with van der Waals surface area (Å²) < 4.78 is 26.5. The third-order valence-corrected chi connectivity index (χ3v) is 3.13. The Kier molecular flexibility index (Phi) is 4.00. The maximum absolute atomic E-state index is 11.7. The van der Waals surface area contributed by atoms with Crippen LogP contribution >= 0.6 is 0 Å². The fourth-order valence-corrected chi connectivity index (χ4v) is 2.01. The van der Waals surface area contributed by atoms with E-state index in [4.69, 9.17) is 0 Å². The summed E-state index contributed by atoms with van der Waals surface area (Å²) >= 11 is 0. The van der Waals surface area contributed by atoms with Crippen molar-refractivity contribution in [1.29, 1.82) is 0 Å². The molecule has 1 N–H and O–H groups in total. The molecular formula is C11H13N3O5S. The first-order valence-corrected chi connectivity index (χ1v) is 7.57. The molecule has 1 fully saturated rings.